The molecule has 2 aromatic carbocycles. The van der Waals surface area contributed by atoms with Crippen molar-refractivity contribution in [2.75, 3.05) is 17.2 Å². The molecule has 40 heavy (non-hydrogen) atoms. The first-order valence-electron chi connectivity index (χ1n) is 15.2. The van der Waals surface area contributed by atoms with E-state index in [4.69, 9.17) is 0 Å². The summed E-state index contributed by atoms with van der Waals surface area (Å²) in [5, 5.41) is 10.0. The maximum absolute atomic E-state index is 14.3. The van der Waals surface area contributed by atoms with Gasteiger partial charge in [-0.05, 0) is 60.9 Å². The second-order valence-electron chi connectivity index (χ2n) is 12.3. The molecule has 3 N–H and O–H groups in total. The summed E-state index contributed by atoms with van der Waals surface area (Å²) >= 11 is 0. The van der Waals surface area contributed by atoms with Gasteiger partial charge in [0.2, 0.25) is 5.91 Å². The molecule has 1 saturated heterocycles. The lowest BCUT2D eigenvalue weighted by atomic mass is 9.75. The Morgan fingerprint density at radius 2 is 1.77 bits per heavy atom. The highest BCUT2D eigenvalue weighted by Crippen LogP contribution is 2.49. The second kappa shape index (κ2) is 11.5. The number of carbonyl (C=O) groups is 2. The summed E-state index contributed by atoms with van der Waals surface area (Å²) in [6, 6.07) is 16.5. The van der Waals surface area contributed by atoms with Crippen LogP contribution < -0.4 is 16.0 Å². The fraction of sp³-hybridized carbons (Fsp3) is 0.471. The van der Waals surface area contributed by atoms with E-state index in [2.05, 4.69) is 95.4 Å². The molecule has 0 spiro atoms. The van der Waals surface area contributed by atoms with Gasteiger partial charge in [-0.3, -0.25) is 4.79 Å². The van der Waals surface area contributed by atoms with Gasteiger partial charge in [0.15, 0.2) is 0 Å². The average molecular weight is 539 g/mol. The maximum Gasteiger partial charge on any atom is 0.319 e. The number of benzene rings is 2. The van der Waals surface area contributed by atoms with Crippen molar-refractivity contribution < 1.29 is 9.59 Å². The number of fused-ring (bicyclic) bond motifs is 3. The zero-order valence-corrected chi connectivity index (χ0v) is 23.7. The minimum absolute atomic E-state index is 0.0742. The first-order valence-corrected chi connectivity index (χ1v) is 15.2. The number of para-hydroxylation sites is 1. The molecule has 2 aliphatic heterocycles. The van der Waals surface area contributed by atoms with E-state index in [9.17, 15) is 9.59 Å². The van der Waals surface area contributed by atoms with Crippen LogP contribution >= 0.6 is 0 Å². The van der Waals surface area contributed by atoms with Crippen LogP contribution in [0.4, 0.5) is 16.2 Å². The second-order valence-corrected chi connectivity index (χ2v) is 12.3. The number of carbonyl (C=O) groups excluding carboxylic acids is 2. The molecule has 4 aliphatic rings. The molecule has 2 aromatic rings. The summed E-state index contributed by atoms with van der Waals surface area (Å²) in [5.41, 5.74) is 4.39. The Balaban J connectivity index is 1.18. The van der Waals surface area contributed by atoms with Gasteiger partial charge in [0.05, 0.1) is 12.0 Å². The molecule has 6 heteroatoms. The highest BCUT2D eigenvalue weighted by Gasteiger charge is 2.49. The van der Waals surface area contributed by atoms with Gasteiger partial charge in [0.1, 0.15) is 0 Å². The molecule has 210 valence electrons. The Hall–Kier alpha value is -3.54. The number of allylic oxidation sites excluding steroid dienone is 3. The predicted molar refractivity (Wildman–Crippen MR) is 161 cm³/mol. The molecule has 6 rings (SSSR count). The Morgan fingerprint density at radius 3 is 2.55 bits per heavy atom. The maximum atomic E-state index is 14.3. The average Bonchev–Trinajstić information content (AvgIpc) is 3.43. The van der Waals surface area contributed by atoms with Gasteiger partial charge in [-0.15, -0.1) is 0 Å². The number of hydrogen-bond donors (Lipinski definition) is 3. The lowest BCUT2D eigenvalue weighted by molar-refractivity contribution is -0.138. The Morgan fingerprint density at radius 1 is 0.975 bits per heavy atom. The standard InChI is InChI=1S/C34H42N4O2/c1-22(2)23-16-18-25(19-17-23)35-34(40)37-30-15-9-7-13-27(30)33(39)38-21-20-28-31(24-10-4-3-5-11-24)36-29-14-8-6-12-26(29)32(28)38/h3-6,8,10,12,14,16-19,22,24,27-28,30-32,36H,7,9,11,13,15,20-21H2,1-2H3,(H2,35,37,40)/t24?,27-,28+,30+,31-,32-/m0/s1. The minimum Gasteiger partial charge on any atom is -0.381 e. The number of hydrogen-bond acceptors (Lipinski definition) is 3. The van der Waals surface area contributed by atoms with Crippen molar-refractivity contribution in [2.24, 2.45) is 17.8 Å². The van der Waals surface area contributed by atoms with Crippen molar-refractivity contribution in [1.29, 1.82) is 0 Å². The van der Waals surface area contributed by atoms with Crippen molar-refractivity contribution in [2.45, 2.75) is 76.4 Å². The molecule has 6 nitrogen and oxygen atoms in total. The van der Waals surface area contributed by atoms with Gasteiger partial charge in [-0.1, -0.05) is 81.3 Å². The third kappa shape index (κ3) is 5.28. The van der Waals surface area contributed by atoms with Crippen molar-refractivity contribution in [3.05, 3.63) is 84.0 Å². The summed E-state index contributed by atoms with van der Waals surface area (Å²) in [6.07, 6.45) is 14.6. The Labute approximate surface area is 238 Å². The number of urea groups is 1. The fourth-order valence-corrected chi connectivity index (χ4v) is 7.40. The SMILES string of the molecule is CC(C)c1ccc(NC(=O)N[C@@H]2CCCC[C@@H]2C(=O)N2CC[C@@H]3[C@H](C4C=CC=CC4)Nc4ccccc4[C@@H]32)cc1. The summed E-state index contributed by atoms with van der Waals surface area (Å²) in [5.74, 6) is 1.24. The van der Waals surface area contributed by atoms with Crippen LogP contribution in [0.3, 0.4) is 0 Å². The third-order valence-electron chi connectivity index (χ3n) is 9.50. The molecule has 3 amide bonds. The van der Waals surface area contributed by atoms with Crippen LogP contribution in [0.1, 0.15) is 75.5 Å². The van der Waals surface area contributed by atoms with Crippen molar-refractivity contribution in [3.8, 4) is 0 Å². The molecular formula is C34H42N4O2. The molecule has 2 fully saturated rings. The van der Waals surface area contributed by atoms with E-state index in [1.165, 1.54) is 11.1 Å². The summed E-state index contributed by atoms with van der Waals surface area (Å²) in [4.78, 5) is 29.5. The molecule has 0 radical (unpaired) electrons. The monoisotopic (exact) mass is 538 g/mol. The third-order valence-corrected chi connectivity index (χ3v) is 9.50. The molecule has 1 saturated carbocycles. The van der Waals surface area contributed by atoms with Gasteiger partial charge in [-0.2, -0.15) is 0 Å². The van der Waals surface area contributed by atoms with Gasteiger partial charge < -0.3 is 20.9 Å². The van der Waals surface area contributed by atoms with Crippen molar-refractivity contribution >= 4 is 23.3 Å². The van der Waals surface area contributed by atoms with Crippen LogP contribution in [0.15, 0.2) is 72.8 Å². The van der Waals surface area contributed by atoms with Gasteiger partial charge in [-0.25, -0.2) is 4.79 Å². The minimum atomic E-state index is -0.231. The van der Waals surface area contributed by atoms with Gasteiger partial charge in [0.25, 0.3) is 0 Å². The van der Waals surface area contributed by atoms with Crippen LogP contribution in [0.2, 0.25) is 0 Å². The number of rotatable bonds is 5. The smallest absolute Gasteiger partial charge is 0.319 e. The molecule has 6 atom stereocenters. The Bertz CT molecular complexity index is 1280. The molecule has 1 unspecified atom stereocenters. The van der Waals surface area contributed by atoms with E-state index >= 15 is 0 Å². The van der Waals surface area contributed by atoms with Crippen LogP contribution in [0.25, 0.3) is 0 Å². The Kier molecular flexibility index (Phi) is 7.68. The summed E-state index contributed by atoms with van der Waals surface area (Å²) < 4.78 is 0. The van der Waals surface area contributed by atoms with Crippen LogP contribution in [0, 0.1) is 17.8 Å². The highest BCUT2D eigenvalue weighted by atomic mass is 16.2. The number of amides is 3. The van der Waals surface area contributed by atoms with E-state index in [1.807, 2.05) is 12.1 Å². The first-order chi connectivity index (χ1) is 19.5. The van der Waals surface area contributed by atoms with Crippen LogP contribution in [0.5, 0.6) is 0 Å². The number of anilines is 2. The van der Waals surface area contributed by atoms with E-state index < -0.39 is 0 Å². The molecular weight excluding hydrogens is 496 g/mol. The molecule has 2 heterocycles. The van der Waals surface area contributed by atoms with E-state index in [0.717, 1.165) is 56.4 Å². The van der Waals surface area contributed by atoms with Crippen LogP contribution in [-0.4, -0.2) is 35.5 Å². The normalized spacial score (nSPS) is 28.9. The van der Waals surface area contributed by atoms with Gasteiger partial charge in [0, 0.05) is 41.8 Å². The highest BCUT2D eigenvalue weighted by molar-refractivity contribution is 5.90. The zero-order chi connectivity index (χ0) is 27.6. The zero-order valence-electron chi connectivity index (χ0n) is 23.7. The number of likely N-dealkylation sites (tertiary alicyclic amines) is 1. The van der Waals surface area contributed by atoms with E-state index in [-0.39, 0.29) is 29.9 Å². The predicted octanol–water partition coefficient (Wildman–Crippen LogP) is 7.01. The molecule has 0 aromatic heterocycles. The quantitative estimate of drug-likeness (QED) is 0.384. The fourth-order valence-electron chi connectivity index (χ4n) is 7.40. The van der Waals surface area contributed by atoms with Crippen molar-refractivity contribution in [3.63, 3.8) is 0 Å². The van der Waals surface area contributed by atoms with Gasteiger partial charge >= 0.3 is 6.03 Å². The lowest BCUT2D eigenvalue weighted by Crippen LogP contribution is -2.51. The topological polar surface area (TPSA) is 73.5 Å². The van der Waals surface area contributed by atoms with E-state index in [0.29, 0.717) is 23.8 Å². The van der Waals surface area contributed by atoms with Crippen molar-refractivity contribution in [1.82, 2.24) is 10.2 Å². The molecule has 0 bridgehead atoms. The molecule has 2 aliphatic carbocycles. The number of nitrogens with zero attached hydrogens (tertiary/aromatic N) is 1. The first kappa shape index (κ1) is 26.7. The largest absolute Gasteiger partial charge is 0.381 e. The number of nitrogens with one attached hydrogen (secondary N) is 3. The van der Waals surface area contributed by atoms with E-state index in [1.54, 1.807) is 0 Å². The summed E-state index contributed by atoms with van der Waals surface area (Å²) in [6.45, 7) is 5.08. The lowest BCUT2D eigenvalue weighted by Gasteiger charge is -2.44. The van der Waals surface area contributed by atoms with Crippen LogP contribution in [-0.2, 0) is 4.79 Å². The summed E-state index contributed by atoms with van der Waals surface area (Å²) in [7, 11) is 0.